The van der Waals surface area contributed by atoms with Crippen LogP contribution in [0.5, 0.6) is 0 Å². The molecular weight excluding hydrogens is 375 g/mol. The Morgan fingerprint density at radius 2 is 1.69 bits per heavy atom. The number of ether oxygens (including phenoxy) is 2. The first-order valence-electron chi connectivity index (χ1n) is 8.34. The van der Waals surface area contributed by atoms with Crippen molar-refractivity contribution in [1.82, 2.24) is 0 Å². The monoisotopic (exact) mass is 398 g/mol. The zero-order valence-corrected chi connectivity index (χ0v) is 17.6. The van der Waals surface area contributed by atoms with Gasteiger partial charge in [-0.15, -0.1) is 0 Å². The largest absolute Gasteiger partial charge is 0.455 e. The molecule has 1 heterocycles. The van der Waals surface area contributed by atoms with Crippen LogP contribution in [0.15, 0.2) is 24.0 Å². The van der Waals surface area contributed by atoms with Crippen molar-refractivity contribution >= 4 is 40.7 Å². The summed E-state index contributed by atoms with van der Waals surface area (Å²) < 4.78 is 11.4. The Morgan fingerprint density at radius 3 is 2.19 bits per heavy atom. The van der Waals surface area contributed by atoms with Gasteiger partial charge in [-0.1, -0.05) is 29.3 Å². The summed E-state index contributed by atoms with van der Waals surface area (Å²) >= 11 is 12.3. The van der Waals surface area contributed by atoms with E-state index >= 15 is 0 Å². The minimum atomic E-state index is -0.875. The van der Waals surface area contributed by atoms with Crippen LogP contribution in [0.2, 0.25) is 10.0 Å². The predicted octanol–water partition coefficient (Wildman–Crippen LogP) is 5.66. The lowest BCUT2D eigenvalue weighted by atomic mass is 9.71. The van der Waals surface area contributed by atoms with Gasteiger partial charge in [-0.05, 0) is 60.6 Å². The average Bonchev–Trinajstić information content (AvgIpc) is 2.45. The van der Waals surface area contributed by atoms with Gasteiger partial charge in [-0.3, -0.25) is 4.79 Å². The summed E-state index contributed by atoms with van der Waals surface area (Å²) in [5.41, 5.74) is -1.81. The van der Waals surface area contributed by atoms with Crippen LogP contribution in [-0.4, -0.2) is 17.5 Å². The van der Waals surface area contributed by atoms with E-state index in [1.807, 2.05) is 13.8 Å². The number of hydrogen-bond acceptors (Lipinski definition) is 4. The van der Waals surface area contributed by atoms with E-state index in [4.69, 9.17) is 32.7 Å². The van der Waals surface area contributed by atoms with Crippen LogP contribution in [0.3, 0.4) is 0 Å². The van der Waals surface area contributed by atoms with Gasteiger partial charge in [-0.25, -0.2) is 4.79 Å². The van der Waals surface area contributed by atoms with Crippen molar-refractivity contribution in [2.24, 2.45) is 10.8 Å². The summed E-state index contributed by atoms with van der Waals surface area (Å²) in [5, 5.41) is 0.723. The molecule has 0 fully saturated rings. The molecule has 26 heavy (non-hydrogen) atoms. The molecule has 0 N–H and O–H groups in total. The first-order valence-corrected chi connectivity index (χ1v) is 9.10. The third kappa shape index (κ3) is 3.63. The second-order valence-corrected chi connectivity index (χ2v) is 9.34. The van der Waals surface area contributed by atoms with Crippen LogP contribution in [-0.2, 0) is 19.1 Å². The van der Waals surface area contributed by atoms with E-state index in [1.165, 1.54) is 6.07 Å². The molecule has 0 bridgehead atoms. The van der Waals surface area contributed by atoms with Crippen molar-refractivity contribution in [3.8, 4) is 0 Å². The molecule has 4 nitrogen and oxygen atoms in total. The SMILES string of the molecule is CC(C)(C)C(=O)OC1=C(c2ccc(Cl)cc2Cl)C(=O)OC(C)(C)C1(C)C. The number of cyclic esters (lactones) is 1. The molecule has 2 rings (SSSR count). The van der Waals surface area contributed by atoms with E-state index in [-0.39, 0.29) is 16.4 Å². The van der Waals surface area contributed by atoms with Gasteiger partial charge < -0.3 is 9.47 Å². The number of rotatable bonds is 2. The highest BCUT2D eigenvalue weighted by atomic mass is 35.5. The molecule has 1 aliphatic rings. The average molecular weight is 399 g/mol. The Hall–Kier alpha value is -1.52. The normalized spacial score (nSPS) is 19.2. The van der Waals surface area contributed by atoms with Crippen molar-refractivity contribution in [3.63, 3.8) is 0 Å². The van der Waals surface area contributed by atoms with Crippen molar-refractivity contribution < 1.29 is 19.1 Å². The Labute approximate surface area is 164 Å². The fraction of sp³-hybridized carbons (Fsp3) is 0.500. The Bertz CT molecular complexity index is 799. The van der Waals surface area contributed by atoms with Crippen LogP contribution in [0, 0.1) is 10.8 Å². The summed E-state index contributed by atoms with van der Waals surface area (Å²) in [7, 11) is 0. The molecule has 0 aromatic heterocycles. The molecule has 0 atom stereocenters. The summed E-state index contributed by atoms with van der Waals surface area (Å²) in [6.45, 7) is 12.6. The Balaban J connectivity index is 2.77. The Kier molecular flexibility index (Phi) is 5.26. The van der Waals surface area contributed by atoms with E-state index in [1.54, 1.807) is 46.8 Å². The van der Waals surface area contributed by atoms with Gasteiger partial charge in [0.05, 0.1) is 15.9 Å². The highest BCUT2D eigenvalue weighted by molar-refractivity contribution is 6.37. The van der Waals surface area contributed by atoms with Crippen LogP contribution in [0.4, 0.5) is 0 Å². The number of carbonyl (C=O) groups is 2. The smallest absolute Gasteiger partial charge is 0.342 e. The van der Waals surface area contributed by atoms with Crippen LogP contribution < -0.4 is 0 Å². The van der Waals surface area contributed by atoms with E-state index in [0.29, 0.717) is 10.6 Å². The van der Waals surface area contributed by atoms with Crippen molar-refractivity contribution in [3.05, 3.63) is 39.6 Å². The summed E-state index contributed by atoms with van der Waals surface area (Å²) in [6.07, 6.45) is 0. The highest BCUT2D eigenvalue weighted by Crippen LogP contribution is 2.50. The van der Waals surface area contributed by atoms with E-state index in [0.717, 1.165) is 0 Å². The van der Waals surface area contributed by atoms with Gasteiger partial charge in [0.1, 0.15) is 16.9 Å². The third-order valence-electron chi connectivity index (χ3n) is 4.86. The summed E-state index contributed by atoms with van der Waals surface area (Å²) in [5.74, 6) is -0.771. The standard InChI is InChI=1S/C20H24Cl2O4/c1-18(2,3)17(24)25-15-14(12-9-8-11(21)10-13(12)22)16(23)26-20(6,7)19(15,4)5/h8-10H,1-7H3. The molecule has 1 aliphatic heterocycles. The summed E-state index contributed by atoms with van der Waals surface area (Å²) in [4.78, 5) is 25.4. The van der Waals surface area contributed by atoms with Gasteiger partial charge in [0.25, 0.3) is 0 Å². The van der Waals surface area contributed by atoms with Gasteiger partial charge in [0.2, 0.25) is 0 Å². The van der Waals surface area contributed by atoms with E-state index < -0.39 is 28.4 Å². The van der Waals surface area contributed by atoms with Crippen molar-refractivity contribution in [2.75, 3.05) is 0 Å². The molecule has 1 aromatic rings. The molecule has 142 valence electrons. The molecule has 0 spiro atoms. The predicted molar refractivity (Wildman–Crippen MR) is 103 cm³/mol. The van der Waals surface area contributed by atoms with Gasteiger partial charge in [0.15, 0.2) is 0 Å². The molecule has 0 saturated heterocycles. The second-order valence-electron chi connectivity index (χ2n) is 8.49. The Morgan fingerprint density at radius 1 is 1.12 bits per heavy atom. The van der Waals surface area contributed by atoms with Crippen molar-refractivity contribution in [1.29, 1.82) is 0 Å². The fourth-order valence-corrected chi connectivity index (χ4v) is 2.94. The van der Waals surface area contributed by atoms with Gasteiger partial charge in [0, 0.05) is 10.6 Å². The molecular formula is C20H24Cl2O4. The first-order chi connectivity index (χ1) is 11.7. The molecule has 1 aromatic carbocycles. The lowest BCUT2D eigenvalue weighted by Crippen LogP contribution is -2.50. The van der Waals surface area contributed by atoms with Crippen LogP contribution >= 0.6 is 23.2 Å². The number of halogens is 2. The second kappa shape index (κ2) is 6.58. The van der Waals surface area contributed by atoms with Crippen LogP contribution in [0.1, 0.15) is 54.0 Å². The fourth-order valence-electron chi connectivity index (χ4n) is 2.44. The maximum absolute atomic E-state index is 12.8. The minimum absolute atomic E-state index is 0.147. The third-order valence-corrected chi connectivity index (χ3v) is 5.41. The molecule has 0 unspecified atom stereocenters. The van der Waals surface area contributed by atoms with E-state index in [9.17, 15) is 9.59 Å². The number of carbonyl (C=O) groups excluding carboxylic acids is 2. The molecule has 0 saturated carbocycles. The molecule has 0 amide bonds. The highest BCUT2D eigenvalue weighted by Gasteiger charge is 2.52. The van der Waals surface area contributed by atoms with Crippen LogP contribution in [0.25, 0.3) is 5.57 Å². The topological polar surface area (TPSA) is 52.6 Å². The molecule has 0 radical (unpaired) electrons. The minimum Gasteiger partial charge on any atom is -0.455 e. The lowest BCUT2D eigenvalue weighted by molar-refractivity contribution is -0.170. The maximum atomic E-state index is 12.8. The lowest BCUT2D eigenvalue weighted by Gasteiger charge is -2.46. The zero-order valence-electron chi connectivity index (χ0n) is 16.1. The first kappa shape index (κ1) is 20.8. The van der Waals surface area contributed by atoms with Gasteiger partial charge >= 0.3 is 11.9 Å². The van der Waals surface area contributed by atoms with E-state index in [2.05, 4.69) is 0 Å². The summed E-state index contributed by atoms with van der Waals surface area (Å²) in [6, 6.07) is 4.79. The van der Waals surface area contributed by atoms with Crippen molar-refractivity contribution in [2.45, 2.75) is 54.1 Å². The molecule has 6 heteroatoms. The number of hydrogen-bond donors (Lipinski definition) is 0. The van der Waals surface area contributed by atoms with Gasteiger partial charge in [-0.2, -0.15) is 0 Å². The number of benzene rings is 1. The maximum Gasteiger partial charge on any atom is 0.342 e. The number of esters is 2. The molecule has 0 aliphatic carbocycles. The quantitative estimate of drug-likeness (QED) is 0.603. The zero-order chi connectivity index (χ0) is 20.1.